The van der Waals surface area contributed by atoms with Gasteiger partial charge in [-0.1, -0.05) is 85.5 Å². The molecule has 4 rings (SSSR count). The first kappa shape index (κ1) is 33.0. The molecule has 0 radical (unpaired) electrons. The minimum Gasteiger partial charge on any atom is -0.352 e. The third kappa shape index (κ3) is 9.07. The van der Waals surface area contributed by atoms with Crippen LogP contribution in [0.3, 0.4) is 0 Å². The van der Waals surface area contributed by atoms with Crippen LogP contribution in [0.4, 0.5) is 18.9 Å². The molecule has 2 amide bonds. The highest BCUT2D eigenvalue weighted by Crippen LogP contribution is 2.32. The molecule has 1 saturated carbocycles. The Morgan fingerprint density at radius 3 is 2.20 bits per heavy atom. The Hall–Kier alpha value is -3.86. The number of rotatable bonds is 11. The maximum atomic E-state index is 14.2. The Morgan fingerprint density at radius 1 is 0.909 bits per heavy atom. The number of carbonyl (C=O) groups excluding carboxylic acids is 2. The average molecular weight is 630 g/mol. The van der Waals surface area contributed by atoms with Gasteiger partial charge < -0.3 is 10.2 Å². The van der Waals surface area contributed by atoms with Crippen LogP contribution in [0.1, 0.15) is 54.4 Å². The number of sulfonamides is 1. The van der Waals surface area contributed by atoms with E-state index in [2.05, 4.69) is 5.32 Å². The van der Waals surface area contributed by atoms with E-state index in [9.17, 15) is 31.2 Å². The third-order valence-electron chi connectivity index (χ3n) is 7.80. The van der Waals surface area contributed by atoms with Gasteiger partial charge in [-0.05, 0) is 49.1 Å². The summed E-state index contributed by atoms with van der Waals surface area (Å²) in [7, 11) is -4.20. The van der Waals surface area contributed by atoms with E-state index in [-0.39, 0.29) is 30.6 Å². The maximum Gasteiger partial charge on any atom is 0.416 e. The summed E-state index contributed by atoms with van der Waals surface area (Å²) in [5.74, 6) is -1.07. The summed E-state index contributed by atoms with van der Waals surface area (Å²) in [4.78, 5) is 29.5. The second-order valence-electron chi connectivity index (χ2n) is 11.4. The predicted molar refractivity (Wildman–Crippen MR) is 164 cm³/mol. The number of nitrogens with zero attached hydrogens (tertiary/aromatic N) is 2. The minimum atomic E-state index is -4.71. The van der Waals surface area contributed by atoms with E-state index in [0.717, 1.165) is 67.2 Å². The van der Waals surface area contributed by atoms with E-state index in [1.807, 2.05) is 61.5 Å². The molecule has 1 N–H and O–H groups in total. The van der Waals surface area contributed by atoms with Crippen LogP contribution >= 0.6 is 0 Å². The van der Waals surface area contributed by atoms with Crippen LogP contribution in [0, 0.1) is 6.92 Å². The number of hydrogen-bond donors (Lipinski definition) is 1. The highest BCUT2D eigenvalue weighted by molar-refractivity contribution is 7.92. The lowest BCUT2D eigenvalue weighted by atomic mass is 9.94. The van der Waals surface area contributed by atoms with Crippen molar-refractivity contribution in [1.82, 2.24) is 10.2 Å². The topological polar surface area (TPSA) is 86.8 Å². The van der Waals surface area contributed by atoms with Gasteiger partial charge in [0.15, 0.2) is 0 Å². The van der Waals surface area contributed by atoms with Crippen LogP contribution in [-0.2, 0) is 38.8 Å². The standard InChI is InChI=1S/C33H38F3N3O4S/c1-24-11-9-14-26(19-24)22-38(30(20-25-12-5-3-6-13-25)32(41)37-28-16-7-4-8-17-28)31(40)23-39(44(2,42)43)29-18-10-15-27(21-29)33(34,35)36/h3,5-6,9-15,18-19,21,28,30H,4,7-8,16-17,20,22-23H2,1-2H3,(H,37,41)/t30-/m1/s1. The number of benzene rings is 3. The molecule has 236 valence electrons. The zero-order chi connectivity index (χ0) is 31.9. The summed E-state index contributed by atoms with van der Waals surface area (Å²) in [6.07, 6.45) is 1.01. The lowest BCUT2D eigenvalue weighted by Crippen LogP contribution is -2.55. The first-order chi connectivity index (χ1) is 20.8. The summed E-state index contributed by atoms with van der Waals surface area (Å²) in [6.45, 7) is 1.11. The largest absolute Gasteiger partial charge is 0.416 e. The van der Waals surface area contributed by atoms with Gasteiger partial charge in [-0.2, -0.15) is 13.2 Å². The zero-order valence-electron chi connectivity index (χ0n) is 24.9. The van der Waals surface area contributed by atoms with Gasteiger partial charge in [-0.25, -0.2) is 8.42 Å². The van der Waals surface area contributed by atoms with Gasteiger partial charge in [0.2, 0.25) is 21.8 Å². The van der Waals surface area contributed by atoms with Crippen LogP contribution in [0.5, 0.6) is 0 Å². The number of carbonyl (C=O) groups is 2. The SMILES string of the molecule is Cc1cccc(CN(C(=O)CN(c2cccc(C(F)(F)F)c2)S(C)(=O)=O)[C@H](Cc2ccccc2)C(=O)NC2CCCCC2)c1. The van der Waals surface area contributed by atoms with E-state index >= 15 is 0 Å². The number of aryl methyl sites for hydroxylation is 1. The molecule has 1 atom stereocenters. The van der Waals surface area contributed by atoms with Gasteiger partial charge in [0.05, 0.1) is 17.5 Å². The number of hydrogen-bond acceptors (Lipinski definition) is 4. The van der Waals surface area contributed by atoms with Gasteiger partial charge in [-0.3, -0.25) is 13.9 Å². The molecule has 3 aromatic carbocycles. The first-order valence-electron chi connectivity index (χ1n) is 14.7. The van der Waals surface area contributed by atoms with Gasteiger partial charge in [0.1, 0.15) is 12.6 Å². The van der Waals surface area contributed by atoms with Crippen molar-refractivity contribution in [1.29, 1.82) is 0 Å². The molecular formula is C33H38F3N3O4S. The molecule has 1 aliphatic rings. The van der Waals surface area contributed by atoms with Gasteiger partial charge in [0, 0.05) is 19.0 Å². The van der Waals surface area contributed by atoms with Gasteiger partial charge in [-0.15, -0.1) is 0 Å². The van der Waals surface area contributed by atoms with Crippen molar-refractivity contribution in [3.8, 4) is 0 Å². The van der Waals surface area contributed by atoms with Crippen LogP contribution < -0.4 is 9.62 Å². The van der Waals surface area contributed by atoms with Crippen molar-refractivity contribution in [2.24, 2.45) is 0 Å². The first-order valence-corrected chi connectivity index (χ1v) is 16.5. The molecule has 0 bridgehead atoms. The summed E-state index contributed by atoms with van der Waals surface area (Å²) in [6, 6.07) is 19.4. The highest BCUT2D eigenvalue weighted by atomic mass is 32.2. The number of amides is 2. The summed E-state index contributed by atoms with van der Waals surface area (Å²) in [5.41, 5.74) is 1.13. The monoisotopic (exact) mass is 629 g/mol. The van der Waals surface area contributed by atoms with Gasteiger partial charge >= 0.3 is 6.18 Å². The van der Waals surface area contributed by atoms with E-state index < -0.39 is 40.3 Å². The van der Waals surface area contributed by atoms with Crippen LogP contribution in [-0.4, -0.2) is 50.0 Å². The number of nitrogens with one attached hydrogen (secondary N) is 1. The Labute approximate surface area is 257 Å². The summed E-state index contributed by atoms with van der Waals surface area (Å²) in [5, 5.41) is 3.12. The molecule has 0 heterocycles. The molecule has 3 aromatic rings. The fraction of sp³-hybridized carbons (Fsp3) is 0.394. The Bertz CT molecular complexity index is 1540. The number of alkyl halides is 3. The molecule has 0 saturated heterocycles. The van der Waals surface area contributed by atoms with Crippen molar-refractivity contribution < 1.29 is 31.2 Å². The second-order valence-corrected chi connectivity index (χ2v) is 13.3. The molecule has 7 nitrogen and oxygen atoms in total. The molecule has 0 spiro atoms. The second kappa shape index (κ2) is 14.3. The zero-order valence-corrected chi connectivity index (χ0v) is 25.7. The molecule has 0 aliphatic heterocycles. The fourth-order valence-corrected chi connectivity index (χ4v) is 6.40. The number of anilines is 1. The van der Waals surface area contributed by atoms with Crippen LogP contribution in [0.25, 0.3) is 0 Å². The summed E-state index contributed by atoms with van der Waals surface area (Å²) < 4.78 is 67.0. The van der Waals surface area contributed by atoms with Crippen molar-refractivity contribution in [2.75, 3.05) is 17.1 Å². The minimum absolute atomic E-state index is 0.00368. The summed E-state index contributed by atoms with van der Waals surface area (Å²) >= 11 is 0. The molecule has 11 heteroatoms. The highest BCUT2D eigenvalue weighted by Gasteiger charge is 2.35. The fourth-order valence-electron chi connectivity index (χ4n) is 5.56. The van der Waals surface area contributed by atoms with Crippen LogP contribution in [0.15, 0.2) is 78.9 Å². The van der Waals surface area contributed by atoms with Crippen molar-refractivity contribution in [3.05, 3.63) is 101 Å². The number of halogens is 3. The van der Waals surface area contributed by atoms with Crippen molar-refractivity contribution >= 4 is 27.5 Å². The molecule has 1 fully saturated rings. The van der Waals surface area contributed by atoms with E-state index in [4.69, 9.17) is 0 Å². The van der Waals surface area contributed by atoms with E-state index in [0.29, 0.717) is 10.4 Å². The lowest BCUT2D eigenvalue weighted by molar-refractivity contribution is -0.140. The molecule has 0 aromatic heterocycles. The van der Waals surface area contributed by atoms with Crippen molar-refractivity contribution in [2.45, 2.75) is 70.3 Å². The molecule has 44 heavy (non-hydrogen) atoms. The van der Waals surface area contributed by atoms with E-state index in [1.54, 1.807) is 0 Å². The Morgan fingerprint density at radius 2 is 1.57 bits per heavy atom. The Kier molecular flexibility index (Phi) is 10.7. The lowest BCUT2D eigenvalue weighted by Gasteiger charge is -2.35. The molecular weight excluding hydrogens is 591 g/mol. The maximum absolute atomic E-state index is 14.2. The average Bonchev–Trinajstić information content (AvgIpc) is 2.97. The molecule has 1 aliphatic carbocycles. The van der Waals surface area contributed by atoms with Crippen LogP contribution in [0.2, 0.25) is 0 Å². The third-order valence-corrected chi connectivity index (χ3v) is 8.94. The predicted octanol–water partition coefficient (Wildman–Crippen LogP) is 5.87. The smallest absolute Gasteiger partial charge is 0.352 e. The van der Waals surface area contributed by atoms with Crippen molar-refractivity contribution in [3.63, 3.8) is 0 Å². The molecule has 0 unspecified atom stereocenters. The normalized spacial score (nSPS) is 14.9. The Balaban J connectivity index is 1.74. The van der Waals surface area contributed by atoms with Gasteiger partial charge in [0.25, 0.3) is 0 Å². The quantitative estimate of drug-likeness (QED) is 0.288. The van der Waals surface area contributed by atoms with E-state index in [1.165, 1.54) is 11.0 Å².